The Bertz CT molecular complexity index is 1920. The molecule has 1 heterocycles. The normalized spacial score (nSPS) is 19.7. The van der Waals surface area contributed by atoms with Crippen LogP contribution >= 0.6 is 23.2 Å². The minimum atomic E-state index is -5.92. The number of hydrogen-bond acceptors (Lipinski definition) is 14. The van der Waals surface area contributed by atoms with Crippen LogP contribution in [0, 0.1) is 0 Å². The minimum absolute atomic E-state index is 0. The number of fused-ring (bicyclic) bond motifs is 1. The molecule has 1 aromatic heterocycles. The zero-order chi connectivity index (χ0) is 29.9. The van der Waals surface area contributed by atoms with E-state index in [-0.39, 0.29) is 92.4 Å². The molecule has 43 heavy (non-hydrogen) atoms. The molecule has 0 spiro atoms. The summed E-state index contributed by atoms with van der Waals surface area (Å²) in [5, 5.41) is 2.47. The first kappa shape index (κ1) is 35.7. The zero-order valence-corrected chi connectivity index (χ0v) is 29.2. The zero-order valence-electron chi connectivity index (χ0n) is 22.0. The predicted octanol–water partition coefficient (Wildman–Crippen LogP) is -4.27. The molecule has 0 radical (unpaired) electrons. The van der Waals surface area contributed by atoms with Gasteiger partial charge in [-0.15, -0.1) is 0 Å². The molecule has 0 bridgehead atoms. The first-order chi connectivity index (χ1) is 19.1. The molecule has 14 nitrogen and oxygen atoms in total. The third kappa shape index (κ3) is 6.62. The van der Waals surface area contributed by atoms with Gasteiger partial charge in [0.15, 0.2) is 16.4 Å². The summed E-state index contributed by atoms with van der Waals surface area (Å²) in [5.74, 6) is -2.09. The number of aromatic nitrogens is 3. The molecular formula is C23H14Cl2N6Na2O8S2. The number of hydrogen-bond donors (Lipinski definition) is 3. The molecule has 0 saturated carbocycles. The van der Waals surface area contributed by atoms with E-state index in [1.807, 2.05) is 0 Å². The minimum Gasteiger partial charge on any atom is -0.747 e. The fourth-order valence-corrected chi connectivity index (χ4v) is 7.20. The fraction of sp³-hybridized carbons (Fsp3) is 0.0870. The van der Waals surface area contributed by atoms with Crippen LogP contribution in [0.3, 0.4) is 0 Å². The number of nitrogens with one attached hydrogen (secondary N) is 2. The van der Waals surface area contributed by atoms with Crippen molar-refractivity contribution in [2.75, 3.05) is 10.6 Å². The van der Waals surface area contributed by atoms with Crippen molar-refractivity contribution >= 4 is 72.3 Å². The molecule has 0 saturated heterocycles. The maximum atomic E-state index is 13.6. The predicted molar refractivity (Wildman–Crippen MR) is 144 cm³/mol. The number of halogens is 2. The van der Waals surface area contributed by atoms with Crippen LogP contribution < -0.4 is 75.5 Å². The van der Waals surface area contributed by atoms with E-state index in [2.05, 4.69) is 25.6 Å². The van der Waals surface area contributed by atoms with E-state index in [4.69, 9.17) is 28.9 Å². The molecule has 2 aliphatic carbocycles. The van der Waals surface area contributed by atoms with Crippen LogP contribution in [0.2, 0.25) is 10.6 Å². The third-order valence-electron chi connectivity index (χ3n) is 6.25. The van der Waals surface area contributed by atoms with Crippen molar-refractivity contribution < 1.29 is 94.6 Å². The van der Waals surface area contributed by atoms with Crippen LogP contribution in [0.25, 0.3) is 0 Å². The van der Waals surface area contributed by atoms with Gasteiger partial charge in [-0.05, 0) is 53.5 Å². The van der Waals surface area contributed by atoms with Gasteiger partial charge in [-0.1, -0.05) is 24.3 Å². The summed E-state index contributed by atoms with van der Waals surface area (Å²) in [7, 11) is -11.6. The summed E-state index contributed by atoms with van der Waals surface area (Å²) in [6.07, 6.45) is 0.552. The van der Waals surface area contributed by atoms with Gasteiger partial charge in [0.05, 0.1) is 5.57 Å². The monoisotopic (exact) mass is 682 g/mol. The van der Waals surface area contributed by atoms with Crippen molar-refractivity contribution in [3.8, 4) is 0 Å². The second-order valence-electron chi connectivity index (χ2n) is 8.72. The molecule has 2 atom stereocenters. The Kier molecular flexibility index (Phi) is 10.7. The van der Waals surface area contributed by atoms with Gasteiger partial charge in [0.2, 0.25) is 16.5 Å². The second kappa shape index (κ2) is 12.9. The molecule has 2 aliphatic rings. The molecule has 3 aromatic rings. The number of anilines is 3. The van der Waals surface area contributed by atoms with Crippen molar-refractivity contribution in [2.24, 2.45) is 5.73 Å². The molecule has 0 fully saturated rings. The van der Waals surface area contributed by atoms with Crippen LogP contribution in [0.4, 0.5) is 17.3 Å². The number of allylic oxidation sites excluding steroid dienone is 1. The van der Waals surface area contributed by atoms with E-state index < -0.39 is 58.8 Å². The molecule has 212 valence electrons. The van der Waals surface area contributed by atoms with E-state index >= 15 is 0 Å². The van der Waals surface area contributed by atoms with Crippen molar-refractivity contribution in [2.45, 2.75) is 10.1 Å². The molecule has 4 N–H and O–H groups in total. The Hall–Kier alpha value is -1.77. The largest absolute Gasteiger partial charge is 1.00 e. The van der Waals surface area contributed by atoms with Crippen LogP contribution in [0.5, 0.6) is 0 Å². The van der Waals surface area contributed by atoms with Gasteiger partial charge in [0.1, 0.15) is 25.5 Å². The summed E-state index contributed by atoms with van der Waals surface area (Å²) < 4.78 is 74.0. The standard InChI is InChI=1S/C23H16Cl2N6O8S2.2Na/c24-20-29-21(25)31-22(30-20)28-11-7-5-10(6-8-11)27-14-9-15(40(34,35)36)23(26,41(37,38)39)17-16(14)18(32)12-3-1-2-4-13(12)19(17)33;;/h1-9,15,27H,26H2,(H,34,35,36)(H,37,38,39)(H,28,29,30,31);;/q;2*+1/p-2. The van der Waals surface area contributed by atoms with Crippen LogP contribution in [-0.2, 0) is 20.2 Å². The number of ketones is 2. The molecule has 0 aliphatic heterocycles. The van der Waals surface area contributed by atoms with E-state index in [9.17, 15) is 35.5 Å². The Labute approximate surface area is 298 Å². The van der Waals surface area contributed by atoms with Gasteiger partial charge in [-0.2, -0.15) is 15.0 Å². The Balaban J connectivity index is 0.00000253. The Morgan fingerprint density at radius 2 is 1.28 bits per heavy atom. The molecule has 2 unspecified atom stereocenters. The fourth-order valence-electron chi connectivity index (χ4n) is 4.48. The average molecular weight is 683 g/mol. The SMILES string of the molecule is NC1(S(=O)(=O)[O-])C2=C(C(=O)c3ccccc3C2=O)C(Nc2ccc(Nc3nc(Cl)nc(Cl)n3)cc2)=CC1S(=O)(=O)[O-].[Na+].[Na+]. The molecular weight excluding hydrogens is 669 g/mol. The van der Waals surface area contributed by atoms with Crippen molar-refractivity contribution in [1.82, 2.24) is 15.0 Å². The Morgan fingerprint density at radius 3 is 1.77 bits per heavy atom. The smallest absolute Gasteiger partial charge is 0.747 e. The van der Waals surface area contributed by atoms with Gasteiger partial charge in [-0.3, -0.25) is 9.59 Å². The van der Waals surface area contributed by atoms with Crippen LogP contribution in [-0.4, -0.2) is 62.6 Å². The number of nitrogens with zero attached hydrogens (tertiary/aromatic N) is 3. The summed E-state index contributed by atoms with van der Waals surface area (Å²) in [6, 6.07) is 11.1. The van der Waals surface area contributed by atoms with Gasteiger partial charge < -0.3 is 25.5 Å². The summed E-state index contributed by atoms with van der Waals surface area (Å²) in [6.45, 7) is 0. The van der Waals surface area contributed by atoms with Crippen molar-refractivity contribution in [3.05, 3.63) is 93.1 Å². The second-order valence-corrected chi connectivity index (χ2v) is 12.5. The number of benzene rings is 2. The van der Waals surface area contributed by atoms with Crippen molar-refractivity contribution in [3.63, 3.8) is 0 Å². The quantitative estimate of drug-likeness (QED) is 0.165. The maximum Gasteiger partial charge on any atom is 1.00 e. The third-order valence-corrected chi connectivity index (χ3v) is 9.15. The van der Waals surface area contributed by atoms with Gasteiger partial charge in [0, 0.05) is 33.8 Å². The van der Waals surface area contributed by atoms with E-state index in [0.717, 1.165) is 0 Å². The molecule has 2 aromatic carbocycles. The number of rotatable bonds is 6. The summed E-state index contributed by atoms with van der Waals surface area (Å²) in [4.78, 5) is 34.8. The number of carbonyl (C=O) groups excluding carboxylic acids is 2. The first-order valence-corrected chi connectivity index (χ1v) is 14.8. The molecule has 0 amide bonds. The Morgan fingerprint density at radius 1 is 0.791 bits per heavy atom. The van der Waals surface area contributed by atoms with Gasteiger partial charge in [-0.25, -0.2) is 16.8 Å². The van der Waals surface area contributed by atoms with E-state index in [1.165, 1.54) is 48.5 Å². The number of carbonyl (C=O) groups is 2. The number of Topliss-reactive ketones (excluding diaryl/α,β-unsaturated/α-hetero) is 2. The van der Waals surface area contributed by atoms with Gasteiger partial charge in [0.25, 0.3) is 0 Å². The van der Waals surface area contributed by atoms with Gasteiger partial charge >= 0.3 is 59.1 Å². The summed E-state index contributed by atoms with van der Waals surface area (Å²) in [5.41, 5.74) is 3.83. The topological polar surface area (TPSA) is 237 Å². The molecule has 20 heteroatoms. The maximum absolute atomic E-state index is 13.6. The molecule has 5 rings (SSSR count). The number of nitrogens with two attached hydrogens (primary N) is 1. The van der Waals surface area contributed by atoms with Crippen LogP contribution in [0.15, 0.2) is 71.5 Å². The van der Waals surface area contributed by atoms with E-state index in [1.54, 1.807) is 0 Å². The van der Waals surface area contributed by atoms with E-state index in [0.29, 0.717) is 11.8 Å². The summed E-state index contributed by atoms with van der Waals surface area (Å²) >= 11 is 11.5. The first-order valence-electron chi connectivity index (χ1n) is 11.2. The van der Waals surface area contributed by atoms with Crippen molar-refractivity contribution in [1.29, 1.82) is 0 Å². The average Bonchev–Trinajstić information content (AvgIpc) is 2.87. The van der Waals surface area contributed by atoms with Crippen LogP contribution in [0.1, 0.15) is 20.7 Å².